The van der Waals surface area contributed by atoms with E-state index in [0.29, 0.717) is 10.7 Å². The van der Waals surface area contributed by atoms with E-state index in [1.807, 2.05) is 0 Å². The standard InChI is InChI=1S/C14H21ClN4/c15-13-9-17-12(8-18-13)10-19-7-6-16-11-14(19)4-2-1-3-5-14/h8-9,16H,1-7,10-11H2. The molecule has 0 atom stereocenters. The molecule has 0 bridgehead atoms. The Hall–Kier alpha value is -0.710. The zero-order valence-electron chi connectivity index (χ0n) is 11.2. The quantitative estimate of drug-likeness (QED) is 0.902. The Morgan fingerprint density at radius 1 is 1.21 bits per heavy atom. The number of hydrogen-bond acceptors (Lipinski definition) is 4. The van der Waals surface area contributed by atoms with Gasteiger partial charge in [0.25, 0.3) is 0 Å². The first-order valence-corrected chi connectivity index (χ1v) is 7.59. The van der Waals surface area contributed by atoms with Gasteiger partial charge in [0.15, 0.2) is 0 Å². The van der Waals surface area contributed by atoms with Gasteiger partial charge in [0.2, 0.25) is 0 Å². The van der Waals surface area contributed by atoms with Crippen molar-refractivity contribution in [1.82, 2.24) is 20.2 Å². The monoisotopic (exact) mass is 280 g/mol. The van der Waals surface area contributed by atoms with Crippen molar-refractivity contribution in [3.63, 3.8) is 0 Å². The van der Waals surface area contributed by atoms with Crippen LogP contribution in [0.25, 0.3) is 0 Å². The molecule has 0 aromatic carbocycles. The molecular formula is C14H21ClN4. The van der Waals surface area contributed by atoms with Crippen LogP contribution in [0, 0.1) is 0 Å². The van der Waals surface area contributed by atoms with E-state index in [1.54, 1.807) is 12.4 Å². The molecule has 4 nitrogen and oxygen atoms in total. The van der Waals surface area contributed by atoms with Crippen molar-refractivity contribution < 1.29 is 0 Å². The van der Waals surface area contributed by atoms with Crippen LogP contribution >= 0.6 is 11.6 Å². The van der Waals surface area contributed by atoms with E-state index >= 15 is 0 Å². The normalized spacial score (nSPS) is 23.6. The highest BCUT2D eigenvalue weighted by Gasteiger charge is 2.39. The Morgan fingerprint density at radius 3 is 2.79 bits per heavy atom. The first kappa shape index (κ1) is 13.3. The third kappa shape index (κ3) is 2.91. The van der Waals surface area contributed by atoms with Gasteiger partial charge in [0, 0.05) is 31.7 Å². The Bertz CT molecular complexity index is 406. The Balaban J connectivity index is 1.75. The summed E-state index contributed by atoms with van der Waals surface area (Å²) in [7, 11) is 0. The molecule has 1 aliphatic heterocycles. The third-order valence-corrected chi connectivity index (χ3v) is 4.69. The second-order valence-electron chi connectivity index (χ2n) is 5.71. The molecule has 0 unspecified atom stereocenters. The number of halogens is 1. The van der Waals surface area contributed by atoms with Crippen LogP contribution in [0.1, 0.15) is 37.8 Å². The van der Waals surface area contributed by atoms with E-state index < -0.39 is 0 Å². The van der Waals surface area contributed by atoms with Gasteiger partial charge in [-0.05, 0) is 12.8 Å². The molecule has 1 spiro atoms. The van der Waals surface area contributed by atoms with Crippen molar-refractivity contribution >= 4 is 11.6 Å². The van der Waals surface area contributed by atoms with Crippen LogP contribution in [0.5, 0.6) is 0 Å². The average molecular weight is 281 g/mol. The summed E-state index contributed by atoms with van der Waals surface area (Å²) < 4.78 is 0. The zero-order chi connectivity index (χ0) is 13.1. The summed E-state index contributed by atoms with van der Waals surface area (Å²) in [5.74, 6) is 0. The predicted molar refractivity (Wildman–Crippen MR) is 76.1 cm³/mol. The lowest BCUT2D eigenvalue weighted by Crippen LogP contribution is -2.61. The smallest absolute Gasteiger partial charge is 0.147 e. The maximum absolute atomic E-state index is 5.80. The van der Waals surface area contributed by atoms with E-state index in [-0.39, 0.29) is 0 Å². The summed E-state index contributed by atoms with van der Waals surface area (Å²) in [6, 6.07) is 0. The SMILES string of the molecule is Clc1cnc(CN2CCNCC23CCCCC3)cn1. The second kappa shape index (κ2) is 5.73. The van der Waals surface area contributed by atoms with Gasteiger partial charge in [0.1, 0.15) is 5.15 Å². The number of piperazine rings is 1. The topological polar surface area (TPSA) is 41.1 Å². The van der Waals surface area contributed by atoms with E-state index in [9.17, 15) is 0 Å². The summed E-state index contributed by atoms with van der Waals surface area (Å²) >= 11 is 5.80. The van der Waals surface area contributed by atoms with Gasteiger partial charge in [-0.1, -0.05) is 30.9 Å². The highest BCUT2D eigenvalue weighted by Crippen LogP contribution is 2.35. The number of hydrogen-bond donors (Lipinski definition) is 1. The van der Waals surface area contributed by atoms with Crippen molar-refractivity contribution in [2.75, 3.05) is 19.6 Å². The number of rotatable bonds is 2. The molecule has 1 aliphatic carbocycles. The van der Waals surface area contributed by atoms with E-state index in [0.717, 1.165) is 31.9 Å². The van der Waals surface area contributed by atoms with Crippen LogP contribution in [0.15, 0.2) is 12.4 Å². The summed E-state index contributed by atoms with van der Waals surface area (Å²) in [5, 5.41) is 4.04. The Labute approximate surface area is 119 Å². The van der Waals surface area contributed by atoms with Crippen LogP contribution in [0.2, 0.25) is 5.15 Å². The molecule has 19 heavy (non-hydrogen) atoms. The fourth-order valence-corrected chi connectivity index (χ4v) is 3.55. The van der Waals surface area contributed by atoms with Crippen LogP contribution in [-0.2, 0) is 6.54 Å². The van der Waals surface area contributed by atoms with Crippen molar-refractivity contribution in [3.8, 4) is 0 Å². The Morgan fingerprint density at radius 2 is 2.05 bits per heavy atom. The van der Waals surface area contributed by atoms with Crippen LogP contribution in [0.4, 0.5) is 0 Å². The van der Waals surface area contributed by atoms with Crippen molar-refractivity contribution in [2.45, 2.75) is 44.2 Å². The van der Waals surface area contributed by atoms with Crippen LogP contribution < -0.4 is 5.32 Å². The van der Waals surface area contributed by atoms with Crippen molar-refractivity contribution in [1.29, 1.82) is 0 Å². The fraction of sp³-hybridized carbons (Fsp3) is 0.714. The minimum atomic E-state index is 0.345. The lowest BCUT2D eigenvalue weighted by atomic mass is 9.79. The predicted octanol–water partition coefficient (Wildman–Crippen LogP) is 2.24. The molecule has 5 heteroatoms. The van der Waals surface area contributed by atoms with Gasteiger partial charge < -0.3 is 5.32 Å². The number of aromatic nitrogens is 2. The minimum Gasteiger partial charge on any atom is -0.314 e. The van der Waals surface area contributed by atoms with E-state index in [1.165, 1.54) is 32.1 Å². The molecule has 1 saturated heterocycles. The largest absolute Gasteiger partial charge is 0.314 e. The summed E-state index contributed by atoms with van der Waals surface area (Å²) in [5.41, 5.74) is 1.37. The first-order chi connectivity index (χ1) is 9.28. The maximum Gasteiger partial charge on any atom is 0.147 e. The molecule has 1 N–H and O–H groups in total. The molecule has 0 amide bonds. The van der Waals surface area contributed by atoms with Gasteiger partial charge in [0.05, 0.1) is 18.1 Å². The van der Waals surface area contributed by atoms with E-state index in [4.69, 9.17) is 11.6 Å². The van der Waals surface area contributed by atoms with Crippen LogP contribution in [-0.4, -0.2) is 40.0 Å². The van der Waals surface area contributed by atoms with Gasteiger partial charge in [-0.2, -0.15) is 0 Å². The van der Waals surface area contributed by atoms with Gasteiger partial charge in [-0.3, -0.25) is 9.88 Å². The highest BCUT2D eigenvalue weighted by molar-refractivity contribution is 6.29. The molecule has 3 rings (SSSR count). The highest BCUT2D eigenvalue weighted by atomic mass is 35.5. The maximum atomic E-state index is 5.80. The number of nitrogens with one attached hydrogen (secondary N) is 1. The van der Waals surface area contributed by atoms with Gasteiger partial charge >= 0.3 is 0 Å². The second-order valence-corrected chi connectivity index (χ2v) is 6.10. The molecule has 0 radical (unpaired) electrons. The lowest BCUT2D eigenvalue weighted by Gasteiger charge is -2.49. The lowest BCUT2D eigenvalue weighted by molar-refractivity contribution is 0.0199. The molecule has 2 aliphatic rings. The third-order valence-electron chi connectivity index (χ3n) is 4.49. The fourth-order valence-electron chi connectivity index (χ4n) is 3.45. The molecule has 1 saturated carbocycles. The van der Waals surface area contributed by atoms with Gasteiger partial charge in [-0.25, -0.2) is 4.98 Å². The molecule has 2 heterocycles. The molecule has 104 valence electrons. The molecule has 1 aromatic heterocycles. The van der Waals surface area contributed by atoms with E-state index in [2.05, 4.69) is 20.2 Å². The molecular weight excluding hydrogens is 260 g/mol. The van der Waals surface area contributed by atoms with Crippen molar-refractivity contribution in [2.24, 2.45) is 0 Å². The minimum absolute atomic E-state index is 0.345. The Kier molecular flexibility index (Phi) is 4.01. The summed E-state index contributed by atoms with van der Waals surface area (Å²) in [6.07, 6.45) is 10.2. The average Bonchev–Trinajstić information content (AvgIpc) is 2.45. The summed E-state index contributed by atoms with van der Waals surface area (Å²) in [4.78, 5) is 11.1. The van der Waals surface area contributed by atoms with Crippen LogP contribution in [0.3, 0.4) is 0 Å². The van der Waals surface area contributed by atoms with Crippen molar-refractivity contribution in [3.05, 3.63) is 23.2 Å². The zero-order valence-corrected chi connectivity index (χ0v) is 12.0. The van der Waals surface area contributed by atoms with Gasteiger partial charge in [-0.15, -0.1) is 0 Å². The summed E-state index contributed by atoms with van der Waals surface area (Å²) in [6.45, 7) is 4.19. The molecule has 1 aromatic rings. The first-order valence-electron chi connectivity index (χ1n) is 7.21. The molecule has 2 fully saturated rings. The number of nitrogens with zero attached hydrogens (tertiary/aromatic N) is 3.